The maximum absolute atomic E-state index is 12.5. The number of aromatic amines is 1. The molecule has 2 aromatic heterocycles. The Bertz CT molecular complexity index is 1050. The van der Waals surface area contributed by atoms with Crippen molar-refractivity contribution in [1.29, 1.82) is 0 Å². The van der Waals surface area contributed by atoms with Crippen LogP contribution in [0, 0.1) is 13.8 Å². The van der Waals surface area contributed by atoms with Gasteiger partial charge in [-0.1, -0.05) is 30.3 Å². The van der Waals surface area contributed by atoms with E-state index >= 15 is 0 Å². The standard InChI is InChI=1S/C20H22N4O3/c1-13-16(12-15-8-4-3-5-9-15)24-17(18(25)21-13)14(2)22-19(24)27-20(26)23-10-6-7-11-23/h3-5,8-9H,6-7,10-12H2,1-2H3,(H,21,25). The van der Waals surface area contributed by atoms with Gasteiger partial charge in [0.05, 0.1) is 11.4 Å². The molecular formula is C20H22N4O3. The van der Waals surface area contributed by atoms with Crippen LogP contribution in [0.3, 0.4) is 0 Å². The lowest BCUT2D eigenvalue weighted by Crippen LogP contribution is -2.31. The number of hydrogen-bond acceptors (Lipinski definition) is 4. The first-order chi connectivity index (χ1) is 13.0. The highest BCUT2D eigenvalue weighted by Gasteiger charge is 2.24. The summed E-state index contributed by atoms with van der Waals surface area (Å²) in [5.74, 6) is 0. The maximum atomic E-state index is 12.5. The quantitative estimate of drug-likeness (QED) is 0.773. The fourth-order valence-corrected chi connectivity index (χ4v) is 3.60. The van der Waals surface area contributed by atoms with Crippen LogP contribution in [0.15, 0.2) is 35.1 Å². The number of likely N-dealkylation sites (tertiary alicyclic amines) is 1. The molecule has 1 saturated heterocycles. The third kappa shape index (κ3) is 3.20. The summed E-state index contributed by atoms with van der Waals surface area (Å²) in [7, 11) is 0. The lowest BCUT2D eigenvalue weighted by atomic mass is 10.1. The first kappa shape index (κ1) is 17.3. The van der Waals surface area contributed by atoms with Crippen LogP contribution in [0.4, 0.5) is 4.79 Å². The number of imidazole rings is 1. The highest BCUT2D eigenvalue weighted by Crippen LogP contribution is 2.22. The van der Waals surface area contributed by atoms with Gasteiger partial charge < -0.3 is 14.6 Å². The van der Waals surface area contributed by atoms with Gasteiger partial charge >= 0.3 is 12.1 Å². The molecule has 1 aliphatic heterocycles. The Hall–Kier alpha value is -3.09. The SMILES string of the molecule is Cc1[nH]c(=O)c2c(C)nc(OC(=O)N3CCCC3)n2c1Cc1ccccc1. The number of carbonyl (C=O) groups excluding carboxylic acids is 1. The zero-order valence-corrected chi connectivity index (χ0v) is 15.5. The molecule has 0 atom stereocenters. The minimum Gasteiger partial charge on any atom is -0.375 e. The molecule has 1 aromatic carbocycles. The van der Waals surface area contributed by atoms with Crippen LogP contribution in [-0.2, 0) is 6.42 Å². The molecule has 0 aliphatic carbocycles. The van der Waals surface area contributed by atoms with Gasteiger partial charge in [-0.2, -0.15) is 4.98 Å². The van der Waals surface area contributed by atoms with Crippen molar-refractivity contribution in [3.63, 3.8) is 0 Å². The molecule has 3 aromatic rings. The van der Waals surface area contributed by atoms with Crippen molar-refractivity contribution in [2.45, 2.75) is 33.1 Å². The Balaban J connectivity index is 1.81. The van der Waals surface area contributed by atoms with E-state index in [0.29, 0.717) is 30.7 Å². The van der Waals surface area contributed by atoms with Crippen molar-refractivity contribution in [2.75, 3.05) is 13.1 Å². The van der Waals surface area contributed by atoms with Gasteiger partial charge in [0.15, 0.2) is 0 Å². The van der Waals surface area contributed by atoms with Crippen LogP contribution in [0.2, 0.25) is 0 Å². The zero-order chi connectivity index (χ0) is 19.0. The predicted molar refractivity (Wildman–Crippen MR) is 101 cm³/mol. The van der Waals surface area contributed by atoms with Gasteiger partial charge in [-0.05, 0) is 32.3 Å². The van der Waals surface area contributed by atoms with Gasteiger partial charge in [0.1, 0.15) is 5.52 Å². The molecule has 0 bridgehead atoms. The number of ether oxygens (including phenoxy) is 1. The summed E-state index contributed by atoms with van der Waals surface area (Å²) in [6.45, 7) is 4.98. The van der Waals surface area contributed by atoms with Gasteiger partial charge in [0, 0.05) is 25.2 Å². The number of aromatic nitrogens is 3. The van der Waals surface area contributed by atoms with E-state index in [-0.39, 0.29) is 11.6 Å². The average molecular weight is 366 g/mol. The fraction of sp³-hybridized carbons (Fsp3) is 0.350. The summed E-state index contributed by atoms with van der Waals surface area (Å²) < 4.78 is 7.29. The Morgan fingerprint density at radius 3 is 2.59 bits per heavy atom. The van der Waals surface area contributed by atoms with Crippen LogP contribution in [0.5, 0.6) is 6.01 Å². The third-order valence-corrected chi connectivity index (χ3v) is 5.00. The molecule has 1 N–H and O–H groups in total. The van der Waals surface area contributed by atoms with Crippen molar-refractivity contribution in [1.82, 2.24) is 19.3 Å². The molecule has 3 heterocycles. The zero-order valence-electron chi connectivity index (χ0n) is 15.5. The summed E-state index contributed by atoms with van der Waals surface area (Å²) in [4.78, 5) is 33.9. The van der Waals surface area contributed by atoms with E-state index in [1.807, 2.05) is 37.3 Å². The van der Waals surface area contributed by atoms with Gasteiger partial charge in [-0.3, -0.25) is 9.20 Å². The van der Waals surface area contributed by atoms with E-state index in [2.05, 4.69) is 9.97 Å². The number of amides is 1. The molecule has 0 spiro atoms. The predicted octanol–water partition coefficient (Wildman–Crippen LogP) is 2.82. The first-order valence-electron chi connectivity index (χ1n) is 9.16. The normalized spacial score (nSPS) is 14.1. The van der Waals surface area contributed by atoms with Crippen molar-refractivity contribution < 1.29 is 9.53 Å². The van der Waals surface area contributed by atoms with Crippen molar-refractivity contribution in [3.05, 3.63) is 63.3 Å². The smallest absolute Gasteiger partial charge is 0.375 e. The molecule has 0 saturated carbocycles. The molecule has 4 rings (SSSR count). The van der Waals surface area contributed by atoms with Crippen LogP contribution < -0.4 is 10.3 Å². The van der Waals surface area contributed by atoms with E-state index in [1.165, 1.54) is 0 Å². The lowest BCUT2D eigenvalue weighted by Gasteiger charge is -2.15. The van der Waals surface area contributed by atoms with E-state index in [4.69, 9.17) is 4.74 Å². The molecule has 7 heteroatoms. The Kier molecular flexibility index (Phi) is 4.43. The molecule has 0 unspecified atom stereocenters. The highest BCUT2D eigenvalue weighted by molar-refractivity contribution is 5.71. The number of carbonyl (C=O) groups is 1. The van der Waals surface area contributed by atoms with Gasteiger partial charge in [-0.25, -0.2) is 4.79 Å². The summed E-state index contributed by atoms with van der Waals surface area (Å²) in [6.07, 6.45) is 2.13. The topological polar surface area (TPSA) is 79.7 Å². The van der Waals surface area contributed by atoms with Crippen LogP contribution in [0.25, 0.3) is 5.52 Å². The van der Waals surface area contributed by atoms with Crippen molar-refractivity contribution in [3.8, 4) is 6.01 Å². The number of rotatable bonds is 3. The number of H-pyrrole nitrogens is 1. The van der Waals surface area contributed by atoms with E-state index < -0.39 is 6.09 Å². The molecule has 140 valence electrons. The van der Waals surface area contributed by atoms with Crippen molar-refractivity contribution >= 4 is 11.6 Å². The second-order valence-corrected chi connectivity index (χ2v) is 6.91. The summed E-state index contributed by atoms with van der Waals surface area (Å²) >= 11 is 0. The fourth-order valence-electron chi connectivity index (χ4n) is 3.60. The number of hydrogen-bond donors (Lipinski definition) is 1. The van der Waals surface area contributed by atoms with Gasteiger partial charge in [0.2, 0.25) is 0 Å². The van der Waals surface area contributed by atoms with Crippen LogP contribution >= 0.6 is 0 Å². The van der Waals surface area contributed by atoms with Crippen LogP contribution in [0.1, 0.15) is 35.5 Å². The molecule has 27 heavy (non-hydrogen) atoms. The highest BCUT2D eigenvalue weighted by atomic mass is 16.6. The minimum atomic E-state index is -0.414. The summed E-state index contributed by atoms with van der Waals surface area (Å²) in [5, 5.41) is 0. The number of nitrogens with zero attached hydrogens (tertiary/aromatic N) is 3. The van der Waals surface area contributed by atoms with E-state index in [0.717, 1.165) is 29.8 Å². The van der Waals surface area contributed by atoms with Crippen molar-refractivity contribution in [2.24, 2.45) is 0 Å². The Morgan fingerprint density at radius 1 is 1.19 bits per heavy atom. The second kappa shape index (κ2) is 6.90. The number of nitrogens with one attached hydrogen (secondary N) is 1. The second-order valence-electron chi connectivity index (χ2n) is 6.91. The Labute approximate surface area is 156 Å². The van der Waals surface area contributed by atoms with Gasteiger partial charge in [-0.15, -0.1) is 0 Å². The third-order valence-electron chi connectivity index (χ3n) is 5.00. The lowest BCUT2D eigenvalue weighted by molar-refractivity contribution is 0.158. The molecule has 1 aliphatic rings. The minimum absolute atomic E-state index is 0.152. The monoisotopic (exact) mass is 366 g/mol. The Morgan fingerprint density at radius 2 is 1.89 bits per heavy atom. The van der Waals surface area contributed by atoms with Crippen LogP contribution in [-0.4, -0.2) is 38.5 Å². The molecular weight excluding hydrogens is 344 g/mol. The number of aryl methyl sites for hydroxylation is 2. The number of benzene rings is 1. The molecule has 1 fully saturated rings. The maximum Gasteiger partial charge on any atom is 0.417 e. The van der Waals surface area contributed by atoms with Gasteiger partial charge in [0.25, 0.3) is 5.56 Å². The average Bonchev–Trinajstić information content (AvgIpc) is 3.28. The summed E-state index contributed by atoms with van der Waals surface area (Å²) in [6, 6.07) is 10.1. The van der Waals surface area contributed by atoms with E-state index in [9.17, 15) is 9.59 Å². The summed E-state index contributed by atoms with van der Waals surface area (Å²) in [5.41, 5.74) is 3.38. The number of fused-ring (bicyclic) bond motifs is 1. The molecule has 1 amide bonds. The molecule has 0 radical (unpaired) electrons. The van der Waals surface area contributed by atoms with E-state index in [1.54, 1.807) is 16.2 Å². The first-order valence-corrected chi connectivity index (χ1v) is 9.16. The molecule has 7 nitrogen and oxygen atoms in total. The largest absolute Gasteiger partial charge is 0.417 e.